The number of Topliss-reactive ketones (excluding diaryl/α,β-unsaturated/α-hetero) is 1. The Morgan fingerprint density at radius 3 is 2.50 bits per heavy atom. The maximum atomic E-state index is 13.8. The van der Waals surface area contributed by atoms with E-state index in [0.717, 1.165) is 0 Å². The fourth-order valence-corrected chi connectivity index (χ4v) is 3.34. The van der Waals surface area contributed by atoms with Crippen LogP contribution in [0.4, 0.5) is 15.8 Å². The van der Waals surface area contributed by atoms with E-state index in [1.807, 2.05) is 0 Å². The molecule has 1 aromatic heterocycles. The molecule has 0 spiro atoms. The lowest BCUT2D eigenvalue weighted by Gasteiger charge is -2.09. The van der Waals surface area contributed by atoms with Gasteiger partial charge in [-0.15, -0.1) is 0 Å². The number of anilines is 2. The largest absolute Gasteiger partial charge is 0.349 e. The number of nitrogens with one attached hydrogen (secondary N) is 3. The first-order valence-corrected chi connectivity index (χ1v) is 9.83. The van der Waals surface area contributed by atoms with Gasteiger partial charge < -0.3 is 19.9 Å². The minimum atomic E-state index is -0.718. The van der Waals surface area contributed by atoms with Crippen LogP contribution in [0.5, 0.6) is 0 Å². The number of hydrogen-bond donors (Lipinski definition) is 3. The second-order valence-corrected chi connectivity index (χ2v) is 6.75. The van der Waals surface area contributed by atoms with Gasteiger partial charge in [-0.2, -0.15) is 0 Å². The average Bonchev–Trinajstić information content (AvgIpc) is 2.86. The third kappa shape index (κ3) is 4.19. The molecule has 150 valence electrons. The lowest BCUT2D eigenvalue weighted by Crippen LogP contribution is -2.32. The summed E-state index contributed by atoms with van der Waals surface area (Å²) in [4.78, 5) is 37.2. The second-order valence-electron chi connectivity index (χ2n) is 6.14. The van der Waals surface area contributed by atoms with Crippen molar-refractivity contribution < 1.29 is 18.8 Å². The quantitative estimate of drug-likeness (QED) is 0.373. The normalized spacial score (nSPS) is 10.5. The molecule has 0 unspecified atom stereocenters. The molecule has 0 aliphatic carbocycles. The van der Waals surface area contributed by atoms with Crippen molar-refractivity contribution in [1.29, 1.82) is 0 Å². The van der Waals surface area contributed by atoms with Gasteiger partial charge >= 0.3 is 0 Å². The van der Waals surface area contributed by atoms with Crippen LogP contribution in [0.3, 0.4) is 0 Å². The van der Waals surface area contributed by atoms with Gasteiger partial charge in [0.25, 0.3) is 17.6 Å². The molecule has 0 saturated carbocycles. The molecular formula is C19H23FN4O3S. The van der Waals surface area contributed by atoms with Crippen LogP contribution in [0.25, 0.3) is 0 Å². The first-order valence-electron chi connectivity index (χ1n) is 8.61. The monoisotopic (exact) mass is 406 g/mol. The van der Waals surface area contributed by atoms with Gasteiger partial charge in [-0.25, -0.2) is 4.39 Å². The third-order valence-electron chi connectivity index (χ3n) is 4.35. The van der Waals surface area contributed by atoms with E-state index >= 15 is 0 Å². The molecule has 0 aliphatic heterocycles. The Morgan fingerprint density at radius 1 is 1.21 bits per heavy atom. The summed E-state index contributed by atoms with van der Waals surface area (Å²) in [6, 6.07) is 4.19. The number of aromatic nitrogens is 1. The van der Waals surface area contributed by atoms with Gasteiger partial charge in [0.05, 0.1) is 16.9 Å². The smallest absolute Gasteiger partial charge is 0.293 e. The van der Waals surface area contributed by atoms with Gasteiger partial charge in [-0.1, -0.05) is 11.9 Å². The lowest BCUT2D eigenvalue weighted by molar-refractivity contribution is -0.116. The van der Waals surface area contributed by atoms with E-state index in [0.29, 0.717) is 29.1 Å². The number of carbonyl (C=O) groups excluding carboxylic acids is 3. The molecule has 3 N–H and O–H groups in total. The molecule has 0 aliphatic rings. The van der Waals surface area contributed by atoms with Gasteiger partial charge in [0, 0.05) is 31.2 Å². The predicted molar refractivity (Wildman–Crippen MR) is 109 cm³/mol. The fraction of sp³-hybridized carbons (Fsp3) is 0.316. The summed E-state index contributed by atoms with van der Waals surface area (Å²) < 4.78 is 18.1. The van der Waals surface area contributed by atoms with Crippen LogP contribution in [0.15, 0.2) is 18.2 Å². The number of benzene rings is 1. The summed E-state index contributed by atoms with van der Waals surface area (Å²) >= 11 is 1.23. The average molecular weight is 406 g/mol. The number of likely N-dealkylation sites (N-methyl/N-ethyl adjacent to an activating group) is 1. The highest BCUT2D eigenvalue weighted by molar-refractivity contribution is 7.99. The molecule has 2 aromatic rings. The summed E-state index contributed by atoms with van der Waals surface area (Å²) in [6.07, 6.45) is 1.76. The van der Waals surface area contributed by atoms with Crippen LogP contribution in [0.1, 0.15) is 39.0 Å². The van der Waals surface area contributed by atoms with E-state index in [9.17, 15) is 18.8 Å². The summed E-state index contributed by atoms with van der Waals surface area (Å²) in [5.74, 6) is -2.29. The molecule has 7 nitrogen and oxygen atoms in total. The Labute approximate surface area is 167 Å². The first kappa shape index (κ1) is 21.5. The predicted octanol–water partition coefficient (Wildman–Crippen LogP) is 3.04. The van der Waals surface area contributed by atoms with Crippen molar-refractivity contribution >= 4 is 40.9 Å². The van der Waals surface area contributed by atoms with Crippen LogP contribution in [0, 0.1) is 19.7 Å². The molecule has 2 amide bonds. The SMILES string of the molecule is CCNC(=O)C(=O)c1c(C)c(C(=O)Nc2ccc(F)c(NSC)c2)c(C)n1C. The molecule has 0 saturated heterocycles. The van der Waals surface area contributed by atoms with E-state index in [4.69, 9.17) is 0 Å². The number of ketones is 1. The fourth-order valence-electron chi connectivity index (χ4n) is 2.97. The topological polar surface area (TPSA) is 92.2 Å². The maximum absolute atomic E-state index is 13.8. The van der Waals surface area contributed by atoms with Crippen molar-refractivity contribution in [2.75, 3.05) is 22.8 Å². The van der Waals surface area contributed by atoms with Crippen LogP contribution in [0.2, 0.25) is 0 Å². The number of halogens is 1. The Morgan fingerprint density at radius 2 is 1.89 bits per heavy atom. The Kier molecular flexibility index (Phi) is 6.85. The van der Waals surface area contributed by atoms with Crippen LogP contribution in [-0.4, -0.2) is 35.0 Å². The summed E-state index contributed by atoms with van der Waals surface area (Å²) in [5.41, 5.74) is 2.09. The molecule has 9 heteroatoms. The third-order valence-corrected chi connectivity index (χ3v) is 4.78. The van der Waals surface area contributed by atoms with E-state index in [-0.39, 0.29) is 11.4 Å². The van der Waals surface area contributed by atoms with Crippen LogP contribution in [-0.2, 0) is 11.8 Å². The Hall–Kier alpha value is -2.81. The van der Waals surface area contributed by atoms with Gasteiger partial charge in [-0.05, 0) is 44.5 Å². The summed E-state index contributed by atoms with van der Waals surface area (Å²) in [7, 11) is 1.63. The molecule has 0 fully saturated rings. The molecule has 0 radical (unpaired) electrons. The van der Waals surface area contributed by atoms with Crippen LogP contribution < -0.4 is 15.4 Å². The van der Waals surface area contributed by atoms with Crippen molar-refractivity contribution in [3.63, 3.8) is 0 Å². The highest BCUT2D eigenvalue weighted by Crippen LogP contribution is 2.25. The highest BCUT2D eigenvalue weighted by atomic mass is 32.2. The van der Waals surface area contributed by atoms with E-state index in [1.165, 1.54) is 34.7 Å². The second kappa shape index (κ2) is 8.92. The van der Waals surface area contributed by atoms with Gasteiger partial charge in [-0.3, -0.25) is 14.4 Å². The van der Waals surface area contributed by atoms with Crippen molar-refractivity contribution in [3.05, 3.63) is 46.5 Å². The lowest BCUT2D eigenvalue weighted by atomic mass is 10.1. The van der Waals surface area contributed by atoms with Gasteiger partial charge in [0.2, 0.25) is 0 Å². The van der Waals surface area contributed by atoms with Crippen molar-refractivity contribution in [2.45, 2.75) is 20.8 Å². The molecule has 1 aromatic carbocycles. The number of carbonyl (C=O) groups is 3. The standard InChI is InChI=1S/C19H23FN4O3S/c1-6-21-19(27)17(25)16-10(2)15(11(3)24(16)4)18(26)22-12-7-8-13(20)14(9-12)23-28-5/h7-9,23H,6H2,1-5H3,(H,21,27)(H,22,26). The molecule has 0 bridgehead atoms. The molecule has 0 atom stereocenters. The van der Waals surface area contributed by atoms with Crippen molar-refractivity contribution in [1.82, 2.24) is 9.88 Å². The van der Waals surface area contributed by atoms with Crippen molar-refractivity contribution in [3.8, 4) is 0 Å². The van der Waals surface area contributed by atoms with Crippen molar-refractivity contribution in [2.24, 2.45) is 7.05 Å². The van der Waals surface area contributed by atoms with Crippen LogP contribution >= 0.6 is 11.9 Å². The number of nitrogens with zero attached hydrogens (tertiary/aromatic N) is 1. The summed E-state index contributed by atoms with van der Waals surface area (Å²) in [6.45, 7) is 5.37. The summed E-state index contributed by atoms with van der Waals surface area (Å²) in [5, 5.41) is 5.19. The Bertz CT molecular complexity index is 940. The highest BCUT2D eigenvalue weighted by Gasteiger charge is 2.28. The zero-order valence-corrected chi connectivity index (χ0v) is 17.2. The number of amides is 2. The van der Waals surface area contributed by atoms with Gasteiger partial charge in [0.1, 0.15) is 5.82 Å². The molecular weight excluding hydrogens is 383 g/mol. The number of rotatable bonds is 7. The molecule has 28 heavy (non-hydrogen) atoms. The minimum Gasteiger partial charge on any atom is -0.349 e. The zero-order valence-electron chi connectivity index (χ0n) is 16.4. The van der Waals surface area contributed by atoms with E-state index in [2.05, 4.69) is 15.4 Å². The van der Waals surface area contributed by atoms with E-state index < -0.39 is 23.4 Å². The Balaban J connectivity index is 2.37. The zero-order chi connectivity index (χ0) is 21.0. The maximum Gasteiger partial charge on any atom is 0.293 e. The van der Waals surface area contributed by atoms with Gasteiger partial charge in [0.15, 0.2) is 0 Å². The van der Waals surface area contributed by atoms with E-state index in [1.54, 1.807) is 34.1 Å². The minimum absolute atomic E-state index is 0.164. The number of hydrogen-bond acceptors (Lipinski definition) is 5. The molecule has 2 rings (SSSR count). The first-order chi connectivity index (χ1) is 13.2. The molecule has 1 heterocycles.